The number of hydrogen-bond donors (Lipinski definition) is 2. The number of nitrogens with zero attached hydrogens (tertiary/aromatic N) is 1. The lowest BCUT2D eigenvalue weighted by Gasteiger charge is -2.02. The molecule has 90 valence electrons. The number of H-pyrrole nitrogens is 1. The van der Waals surface area contributed by atoms with Crippen LogP contribution in [0.1, 0.15) is 5.82 Å². The van der Waals surface area contributed by atoms with Crippen molar-refractivity contribution in [2.24, 2.45) is 0 Å². The first-order valence-corrected chi connectivity index (χ1v) is 6.11. The van der Waals surface area contributed by atoms with Crippen molar-refractivity contribution in [2.45, 2.75) is 11.5 Å². The summed E-state index contributed by atoms with van der Waals surface area (Å²) in [5.41, 5.74) is 1.91. The van der Waals surface area contributed by atoms with E-state index >= 15 is 0 Å². The number of benzene rings is 2. The predicted molar refractivity (Wildman–Crippen MR) is 74.1 cm³/mol. The largest absolute Gasteiger partial charge is 0.486 e. The number of thiol groups is 1. The molecule has 0 aliphatic rings. The SMILES string of the molecule is Sc1ccc2nc(COc3ccccc3)[nH]c2c1. The van der Waals surface area contributed by atoms with Gasteiger partial charge in [0.25, 0.3) is 0 Å². The Bertz CT molecular complexity index is 664. The highest BCUT2D eigenvalue weighted by molar-refractivity contribution is 7.80. The van der Waals surface area contributed by atoms with Gasteiger partial charge in [-0.2, -0.15) is 0 Å². The van der Waals surface area contributed by atoms with Gasteiger partial charge in [0, 0.05) is 4.90 Å². The fraction of sp³-hybridized carbons (Fsp3) is 0.0714. The summed E-state index contributed by atoms with van der Waals surface area (Å²) in [6.07, 6.45) is 0. The van der Waals surface area contributed by atoms with E-state index in [-0.39, 0.29) is 0 Å². The van der Waals surface area contributed by atoms with Crippen molar-refractivity contribution < 1.29 is 4.74 Å². The van der Waals surface area contributed by atoms with E-state index in [0.717, 1.165) is 27.5 Å². The smallest absolute Gasteiger partial charge is 0.146 e. The molecule has 0 unspecified atom stereocenters. The van der Waals surface area contributed by atoms with Crippen molar-refractivity contribution in [1.82, 2.24) is 9.97 Å². The third-order valence-corrected chi connectivity index (χ3v) is 2.91. The number of rotatable bonds is 3. The first-order chi connectivity index (χ1) is 8.81. The predicted octanol–water partition coefficient (Wildman–Crippen LogP) is 3.43. The summed E-state index contributed by atoms with van der Waals surface area (Å²) in [5, 5.41) is 0. The number of hydrogen-bond acceptors (Lipinski definition) is 3. The highest BCUT2D eigenvalue weighted by Crippen LogP contribution is 2.17. The minimum Gasteiger partial charge on any atom is -0.486 e. The molecule has 3 aromatic rings. The van der Waals surface area contributed by atoms with Crippen molar-refractivity contribution >= 4 is 23.7 Å². The van der Waals surface area contributed by atoms with Crippen LogP contribution in [0.15, 0.2) is 53.4 Å². The van der Waals surface area contributed by atoms with Crippen LogP contribution in [-0.2, 0) is 6.61 Å². The standard InChI is InChI=1S/C14H12N2OS/c18-11-6-7-12-13(8-11)16-14(15-12)9-17-10-4-2-1-3-5-10/h1-8,18H,9H2,(H,15,16). The molecular formula is C14H12N2OS. The van der Waals surface area contributed by atoms with Crippen LogP contribution >= 0.6 is 12.6 Å². The Labute approximate surface area is 110 Å². The summed E-state index contributed by atoms with van der Waals surface area (Å²) >= 11 is 4.30. The molecule has 1 aromatic heterocycles. The Morgan fingerprint density at radius 3 is 2.78 bits per heavy atom. The molecule has 3 rings (SSSR count). The molecule has 0 bridgehead atoms. The van der Waals surface area contributed by atoms with Crippen LogP contribution in [0.5, 0.6) is 5.75 Å². The van der Waals surface area contributed by atoms with Crippen LogP contribution in [0.4, 0.5) is 0 Å². The first-order valence-electron chi connectivity index (χ1n) is 5.67. The summed E-state index contributed by atoms with van der Waals surface area (Å²) < 4.78 is 5.64. The third-order valence-electron chi connectivity index (χ3n) is 2.63. The highest BCUT2D eigenvalue weighted by atomic mass is 32.1. The normalized spacial score (nSPS) is 10.7. The lowest BCUT2D eigenvalue weighted by Crippen LogP contribution is -1.96. The second-order valence-corrected chi connectivity index (χ2v) is 4.50. The molecule has 0 saturated carbocycles. The summed E-state index contributed by atoms with van der Waals surface area (Å²) in [7, 11) is 0. The number of fused-ring (bicyclic) bond motifs is 1. The monoisotopic (exact) mass is 256 g/mol. The van der Waals surface area contributed by atoms with Gasteiger partial charge in [0.1, 0.15) is 18.2 Å². The van der Waals surface area contributed by atoms with E-state index in [2.05, 4.69) is 22.6 Å². The summed E-state index contributed by atoms with van der Waals surface area (Å²) in [5.74, 6) is 1.65. The Morgan fingerprint density at radius 2 is 1.94 bits per heavy atom. The molecule has 1 N–H and O–H groups in total. The van der Waals surface area contributed by atoms with Gasteiger partial charge in [0.05, 0.1) is 11.0 Å². The lowest BCUT2D eigenvalue weighted by atomic mass is 10.3. The van der Waals surface area contributed by atoms with Crippen LogP contribution in [0, 0.1) is 0 Å². The average molecular weight is 256 g/mol. The van der Waals surface area contributed by atoms with Gasteiger partial charge >= 0.3 is 0 Å². The van der Waals surface area contributed by atoms with Crippen molar-refractivity contribution in [3.8, 4) is 5.75 Å². The van der Waals surface area contributed by atoms with E-state index in [1.54, 1.807) is 0 Å². The number of nitrogens with one attached hydrogen (secondary N) is 1. The first kappa shape index (κ1) is 11.2. The zero-order valence-corrected chi connectivity index (χ0v) is 10.5. The Hall–Kier alpha value is -1.94. The second kappa shape index (κ2) is 4.74. The molecular weight excluding hydrogens is 244 g/mol. The number of para-hydroxylation sites is 1. The van der Waals surface area contributed by atoms with Crippen LogP contribution in [0.3, 0.4) is 0 Å². The van der Waals surface area contributed by atoms with Crippen LogP contribution < -0.4 is 4.74 Å². The minimum absolute atomic E-state index is 0.431. The second-order valence-electron chi connectivity index (χ2n) is 3.99. The van der Waals surface area contributed by atoms with Gasteiger partial charge in [0.15, 0.2) is 0 Å². The van der Waals surface area contributed by atoms with E-state index in [4.69, 9.17) is 4.74 Å². The van der Waals surface area contributed by atoms with Crippen molar-refractivity contribution in [1.29, 1.82) is 0 Å². The molecule has 0 aliphatic carbocycles. The molecule has 2 aromatic carbocycles. The van der Waals surface area contributed by atoms with Crippen molar-refractivity contribution in [2.75, 3.05) is 0 Å². The molecule has 18 heavy (non-hydrogen) atoms. The topological polar surface area (TPSA) is 37.9 Å². The maximum atomic E-state index is 5.64. The van der Waals surface area contributed by atoms with E-state index in [9.17, 15) is 0 Å². The lowest BCUT2D eigenvalue weighted by molar-refractivity contribution is 0.297. The Kier molecular flexibility index (Phi) is 2.94. The van der Waals surface area contributed by atoms with E-state index in [0.29, 0.717) is 6.61 Å². The van der Waals surface area contributed by atoms with E-state index in [1.165, 1.54) is 0 Å². The molecule has 0 radical (unpaired) electrons. The fourth-order valence-corrected chi connectivity index (χ4v) is 1.99. The van der Waals surface area contributed by atoms with E-state index < -0.39 is 0 Å². The number of ether oxygens (including phenoxy) is 1. The summed E-state index contributed by atoms with van der Waals surface area (Å²) in [6.45, 7) is 0.431. The third kappa shape index (κ3) is 2.33. The van der Waals surface area contributed by atoms with Crippen LogP contribution in [0.25, 0.3) is 11.0 Å². The molecule has 0 amide bonds. The minimum atomic E-state index is 0.431. The van der Waals surface area contributed by atoms with Crippen LogP contribution in [-0.4, -0.2) is 9.97 Å². The van der Waals surface area contributed by atoms with Gasteiger partial charge in [-0.1, -0.05) is 18.2 Å². The summed E-state index contributed by atoms with van der Waals surface area (Å²) in [6, 6.07) is 15.5. The molecule has 0 saturated heterocycles. The average Bonchev–Trinajstić information content (AvgIpc) is 2.79. The van der Waals surface area contributed by atoms with E-state index in [1.807, 2.05) is 48.5 Å². The molecule has 1 heterocycles. The van der Waals surface area contributed by atoms with Gasteiger partial charge in [-0.15, -0.1) is 12.6 Å². The quantitative estimate of drug-likeness (QED) is 0.704. The number of aromatic amines is 1. The van der Waals surface area contributed by atoms with Gasteiger partial charge in [0.2, 0.25) is 0 Å². The molecule has 3 nitrogen and oxygen atoms in total. The number of aromatic nitrogens is 2. The molecule has 0 fully saturated rings. The van der Waals surface area contributed by atoms with Gasteiger partial charge in [-0.05, 0) is 30.3 Å². The maximum Gasteiger partial charge on any atom is 0.146 e. The fourth-order valence-electron chi connectivity index (χ4n) is 1.79. The zero-order valence-electron chi connectivity index (χ0n) is 9.63. The maximum absolute atomic E-state index is 5.64. The summed E-state index contributed by atoms with van der Waals surface area (Å²) in [4.78, 5) is 8.59. The number of imidazole rings is 1. The van der Waals surface area contributed by atoms with Gasteiger partial charge in [-0.25, -0.2) is 4.98 Å². The Morgan fingerprint density at radius 1 is 1.11 bits per heavy atom. The molecule has 0 atom stereocenters. The van der Waals surface area contributed by atoms with Crippen molar-refractivity contribution in [3.05, 3.63) is 54.4 Å². The Balaban J connectivity index is 1.79. The zero-order chi connectivity index (χ0) is 12.4. The van der Waals surface area contributed by atoms with Gasteiger partial charge in [-0.3, -0.25) is 0 Å². The molecule has 0 spiro atoms. The van der Waals surface area contributed by atoms with Gasteiger partial charge < -0.3 is 9.72 Å². The van der Waals surface area contributed by atoms with Crippen molar-refractivity contribution in [3.63, 3.8) is 0 Å². The molecule has 0 aliphatic heterocycles. The van der Waals surface area contributed by atoms with Crippen LogP contribution in [0.2, 0.25) is 0 Å². The molecule has 4 heteroatoms. The highest BCUT2D eigenvalue weighted by Gasteiger charge is 2.03.